The van der Waals surface area contributed by atoms with Crippen LogP contribution in [0, 0.1) is 5.82 Å². The molecule has 1 aliphatic rings. The molecule has 7 heteroatoms. The molecule has 0 radical (unpaired) electrons. The first-order chi connectivity index (χ1) is 12.5. The Morgan fingerprint density at radius 1 is 1.04 bits per heavy atom. The molecule has 0 atom stereocenters. The molecular formula is C19H18ClFN2O3. The molecule has 0 aliphatic carbocycles. The normalized spacial score (nSPS) is 14.2. The van der Waals surface area contributed by atoms with Gasteiger partial charge in [0.15, 0.2) is 6.61 Å². The highest BCUT2D eigenvalue weighted by Crippen LogP contribution is 2.20. The van der Waals surface area contributed by atoms with E-state index in [0.717, 1.165) is 5.69 Å². The van der Waals surface area contributed by atoms with Crippen LogP contribution in [0.3, 0.4) is 0 Å². The smallest absolute Gasteiger partial charge is 0.338 e. The van der Waals surface area contributed by atoms with Crippen molar-refractivity contribution in [1.29, 1.82) is 0 Å². The maximum Gasteiger partial charge on any atom is 0.338 e. The number of anilines is 1. The van der Waals surface area contributed by atoms with Crippen molar-refractivity contribution < 1.29 is 18.7 Å². The van der Waals surface area contributed by atoms with E-state index in [-0.39, 0.29) is 18.1 Å². The van der Waals surface area contributed by atoms with Gasteiger partial charge in [0.25, 0.3) is 5.91 Å². The molecule has 1 fully saturated rings. The van der Waals surface area contributed by atoms with Crippen LogP contribution in [0.15, 0.2) is 48.5 Å². The Morgan fingerprint density at radius 3 is 2.38 bits per heavy atom. The van der Waals surface area contributed by atoms with Gasteiger partial charge in [0.05, 0.1) is 5.56 Å². The standard InChI is InChI=1S/C19H18ClFN2O3/c20-15-2-1-3-17(12-15)22-8-10-23(11-9-22)18(24)13-26-19(25)14-4-6-16(21)7-5-14/h1-7,12H,8-11,13H2. The summed E-state index contributed by atoms with van der Waals surface area (Å²) < 4.78 is 17.9. The highest BCUT2D eigenvalue weighted by molar-refractivity contribution is 6.30. The van der Waals surface area contributed by atoms with Gasteiger partial charge in [-0.1, -0.05) is 17.7 Å². The number of benzene rings is 2. The molecule has 136 valence electrons. The fraction of sp³-hybridized carbons (Fsp3) is 0.263. The van der Waals surface area contributed by atoms with Crippen LogP contribution >= 0.6 is 11.6 Å². The van der Waals surface area contributed by atoms with E-state index in [2.05, 4.69) is 4.90 Å². The van der Waals surface area contributed by atoms with E-state index >= 15 is 0 Å². The number of carbonyl (C=O) groups excluding carboxylic acids is 2. The molecule has 0 saturated carbocycles. The largest absolute Gasteiger partial charge is 0.452 e. The number of hydrogen-bond donors (Lipinski definition) is 0. The molecule has 1 heterocycles. The lowest BCUT2D eigenvalue weighted by Crippen LogP contribution is -2.49. The number of nitrogens with zero attached hydrogens (tertiary/aromatic N) is 2. The lowest BCUT2D eigenvalue weighted by Gasteiger charge is -2.36. The van der Waals surface area contributed by atoms with Gasteiger partial charge in [-0.05, 0) is 42.5 Å². The summed E-state index contributed by atoms with van der Waals surface area (Å²) in [7, 11) is 0. The summed E-state index contributed by atoms with van der Waals surface area (Å²) >= 11 is 6.01. The van der Waals surface area contributed by atoms with E-state index in [0.29, 0.717) is 31.2 Å². The Bertz CT molecular complexity index is 790. The molecule has 1 saturated heterocycles. The van der Waals surface area contributed by atoms with E-state index < -0.39 is 11.8 Å². The van der Waals surface area contributed by atoms with Crippen molar-refractivity contribution in [3.05, 3.63) is 64.9 Å². The van der Waals surface area contributed by atoms with E-state index in [1.807, 2.05) is 24.3 Å². The molecule has 2 aromatic carbocycles. The first kappa shape index (κ1) is 18.2. The lowest BCUT2D eigenvalue weighted by atomic mass is 10.2. The van der Waals surface area contributed by atoms with Crippen LogP contribution in [-0.2, 0) is 9.53 Å². The molecular weight excluding hydrogens is 359 g/mol. The predicted molar refractivity (Wildman–Crippen MR) is 96.9 cm³/mol. The van der Waals surface area contributed by atoms with Crippen molar-refractivity contribution in [2.75, 3.05) is 37.7 Å². The van der Waals surface area contributed by atoms with E-state index in [1.54, 1.807) is 4.90 Å². The zero-order valence-electron chi connectivity index (χ0n) is 14.0. The second-order valence-corrected chi connectivity index (χ2v) is 6.37. The summed E-state index contributed by atoms with van der Waals surface area (Å²) in [4.78, 5) is 27.9. The third-order valence-electron chi connectivity index (χ3n) is 4.21. The highest BCUT2D eigenvalue weighted by Gasteiger charge is 2.22. The highest BCUT2D eigenvalue weighted by atomic mass is 35.5. The second kappa shape index (κ2) is 8.19. The van der Waals surface area contributed by atoms with E-state index in [9.17, 15) is 14.0 Å². The third kappa shape index (κ3) is 4.52. The van der Waals surface area contributed by atoms with Gasteiger partial charge in [-0.25, -0.2) is 9.18 Å². The first-order valence-electron chi connectivity index (χ1n) is 8.24. The number of esters is 1. The quantitative estimate of drug-likeness (QED) is 0.770. The summed E-state index contributed by atoms with van der Waals surface area (Å²) in [6.45, 7) is 2.11. The molecule has 1 amide bonds. The number of piperazine rings is 1. The molecule has 5 nitrogen and oxygen atoms in total. The number of rotatable bonds is 4. The molecule has 0 unspecified atom stereocenters. The summed E-state index contributed by atoms with van der Waals surface area (Å²) in [5.74, 6) is -1.32. The van der Waals surface area contributed by atoms with Gasteiger partial charge in [0.1, 0.15) is 5.82 Å². The summed E-state index contributed by atoms with van der Waals surface area (Å²) in [5.41, 5.74) is 1.23. The Hall–Kier alpha value is -2.60. The fourth-order valence-electron chi connectivity index (χ4n) is 2.77. The molecule has 1 aliphatic heterocycles. The zero-order valence-corrected chi connectivity index (χ0v) is 14.8. The Labute approximate surface area is 155 Å². The number of ether oxygens (including phenoxy) is 1. The third-order valence-corrected chi connectivity index (χ3v) is 4.45. The summed E-state index contributed by atoms with van der Waals surface area (Å²) in [6.07, 6.45) is 0. The van der Waals surface area contributed by atoms with Gasteiger partial charge in [0, 0.05) is 36.9 Å². The molecule has 0 bridgehead atoms. The van der Waals surface area contributed by atoms with Crippen LogP contribution in [0.5, 0.6) is 0 Å². The van der Waals surface area contributed by atoms with Crippen molar-refractivity contribution in [3.8, 4) is 0 Å². The summed E-state index contributed by atoms with van der Waals surface area (Å²) in [5, 5.41) is 0.675. The van der Waals surface area contributed by atoms with Crippen molar-refractivity contribution >= 4 is 29.2 Å². The van der Waals surface area contributed by atoms with E-state index in [4.69, 9.17) is 16.3 Å². The van der Waals surface area contributed by atoms with Crippen LogP contribution in [-0.4, -0.2) is 49.6 Å². The van der Waals surface area contributed by atoms with Crippen molar-refractivity contribution in [3.63, 3.8) is 0 Å². The molecule has 0 aromatic heterocycles. The van der Waals surface area contributed by atoms with Crippen molar-refractivity contribution in [2.24, 2.45) is 0 Å². The van der Waals surface area contributed by atoms with Crippen LogP contribution in [0.1, 0.15) is 10.4 Å². The Kier molecular flexibility index (Phi) is 5.73. The Morgan fingerprint density at radius 2 is 1.73 bits per heavy atom. The fourth-order valence-corrected chi connectivity index (χ4v) is 2.96. The molecule has 2 aromatic rings. The number of halogens is 2. The number of carbonyl (C=O) groups is 2. The van der Waals surface area contributed by atoms with Gasteiger partial charge in [-0.3, -0.25) is 4.79 Å². The van der Waals surface area contributed by atoms with Crippen LogP contribution in [0.4, 0.5) is 10.1 Å². The topological polar surface area (TPSA) is 49.9 Å². The minimum absolute atomic E-state index is 0.213. The summed E-state index contributed by atoms with van der Waals surface area (Å²) in [6, 6.07) is 12.6. The van der Waals surface area contributed by atoms with Gasteiger partial charge in [0.2, 0.25) is 0 Å². The van der Waals surface area contributed by atoms with E-state index in [1.165, 1.54) is 24.3 Å². The number of hydrogen-bond acceptors (Lipinski definition) is 4. The van der Waals surface area contributed by atoms with Gasteiger partial charge < -0.3 is 14.5 Å². The lowest BCUT2D eigenvalue weighted by molar-refractivity contribution is -0.134. The van der Waals surface area contributed by atoms with Crippen LogP contribution < -0.4 is 4.90 Å². The average molecular weight is 377 g/mol. The molecule has 26 heavy (non-hydrogen) atoms. The van der Waals surface area contributed by atoms with Crippen LogP contribution in [0.25, 0.3) is 0 Å². The predicted octanol–water partition coefficient (Wildman–Crippen LogP) is 2.98. The SMILES string of the molecule is O=C(OCC(=O)N1CCN(c2cccc(Cl)c2)CC1)c1ccc(F)cc1. The van der Waals surface area contributed by atoms with Crippen LogP contribution in [0.2, 0.25) is 5.02 Å². The maximum absolute atomic E-state index is 12.9. The van der Waals surface area contributed by atoms with Crippen molar-refractivity contribution in [1.82, 2.24) is 4.90 Å². The van der Waals surface area contributed by atoms with Gasteiger partial charge in [-0.2, -0.15) is 0 Å². The zero-order chi connectivity index (χ0) is 18.5. The van der Waals surface area contributed by atoms with Gasteiger partial charge in [-0.15, -0.1) is 0 Å². The molecule has 0 N–H and O–H groups in total. The second-order valence-electron chi connectivity index (χ2n) is 5.93. The van der Waals surface area contributed by atoms with Gasteiger partial charge >= 0.3 is 5.97 Å². The first-order valence-corrected chi connectivity index (χ1v) is 8.62. The minimum Gasteiger partial charge on any atom is -0.452 e. The monoisotopic (exact) mass is 376 g/mol. The van der Waals surface area contributed by atoms with Crippen molar-refractivity contribution in [2.45, 2.75) is 0 Å². The minimum atomic E-state index is -0.643. The Balaban J connectivity index is 1.47. The number of amides is 1. The maximum atomic E-state index is 12.9. The molecule has 0 spiro atoms. The average Bonchev–Trinajstić information content (AvgIpc) is 2.66. The molecule has 3 rings (SSSR count).